The van der Waals surface area contributed by atoms with E-state index in [0.717, 1.165) is 23.0 Å². The molecule has 0 spiro atoms. The highest BCUT2D eigenvalue weighted by molar-refractivity contribution is 9.10. The molecule has 0 radical (unpaired) electrons. The Kier molecular flexibility index (Phi) is 3.34. The van der Waals surface area contributed by atoms with Gasteiger partial charge in [0.25, 0.3) is 0 Å². The van der Waals surface area contributed by atoms with E-state index < -0.39 is 0 Å². The van der Waals surface area contributed by atoms with Gasteiger partial charge in [-0.15, -0.1) is 0 Å². The lowest BCUT2D eigenvalue weighted by Gasteiger charge is -2.05. The van der Waals surface area contributed by atoms with Crippen molar-refractivity contribution in [2.24, 2.45) is 0 Å². The van der Waals surface area contributed by atoms with Gasteiger partial charge >= 0.3 is 0 Å². The Hall–Kier alpha value is -0.930. The first-order chi connectivity index (χ1) is 7.31. The molecule has 0 amide bonds. The highest BCUT2D eigenvalue weighted by Gasteiger charge is 2.01. The average molecular weight is 265 g/mol. The van der Waals surface area contributed by atoms with Gasteiger partial charge in [0.15, 0.2) is 0 Å². The van der Waals surface area contributed by atoms with Crippen LogP contribution in [0.1, 0.15) is 5.56 Å². The zero-order chi connectivity index (χ0) is 10.7. The van der Waals surface area contributed by atoms with E-state index in [9.17, 15) is 0 Å². The molecule has 1 aromatic heterocycles. The molecule has 15 heavy (non-hydrogen) atoms. The van der Waals surface area contributed by atoms with Crippen molar-refractivity contribution in [3.63, 3.8) is 0 Å². The zero-order valence-electron chi connectivity index (χ0n) is 8.63. The molecule has 0 fully saturated rings. The monoisotopic (exact) mass is 264 g/mol. The lowest BCUT2D eigenvalue weighted by atomic mass is 10.1. The van der Waals surface area contributed by atoms with E-state index in [-0.39, 0.29) is 0 Å². The number of aromatic nitrogens is 1. The number of hydrogen-bond acceptors (Lipinski definition) is 2. The molecule has 1 aromatic carbocycles. The molecular formula is C12H13BrN2. The van der Waals surface area contributed by atoms with Gasteiger partial charge in [-0.3, -0.25) is 4.98 Å². The zero-order valence-corrected chi connectivity index (χ0v) is 10.2. The molecule has 0 aliphatic heterocycles. The highest BCUT2D eigenvalue weighted by atomic mass is 79.9. The van der Waals surface area contributed by atoms with Crippen molar-refractivity contribution in [3.05, 3.63) is 40.5 Å². The third-order valence-corrected chi connectivity index (χ3v) is 2.93. The highest BCUT2D eigenvalue weighted by Crippen LogP contribution is 2.21. The molecule has 3 heteroatoms. The van der Waals surface area contributed by atoms with Crippen LogP contribution in [-0.4, -0.2) is 18.6 Å². The summed E-state index contributed by atoms with van der Waals surface area (Å²) < 4.78 is 1.08. The first kappa shape index (κ1) is 10.6. The molecule has 0 atom stereocenters. The minimum absolute atomic E-state index is 0.995. The van der Waals surface area contributed by atoms with E-state index in [0.29, 0.717) is 0 Å². The summed E-state index contributed by atoms with van der Waals surface area (Å²) in [6.07, 6.45) is 2.91. The van der Waals surface area contributed by atoms with Crippen molar-refractivity contribution < 1.29 is 0 Å². The number of pyridine rings is 1. The van der Waals surface area contributed by atoms with Crippen molar-refractivity contribution in [1.82, 2.24) is 10.3 Å². The summed E-state index contributed by atoms with van der Waals surface area (Å²) in [4.78, 5) is 4.36. The Balaban J connectivity index is 2.46. The lowest BCUT2D eigenvalue weighted by molar-refractivity contribution is 0.794. The number of halogens is 1. The lowest BCUT2D eigenvalue weighted by Crippen LogP contribution is -2.10. The Morgan fingerprint density at radius 2 is 2.20 bits per heavy atom. The number of rotatable bonds is 3. The van der Waals surface area contributed by atoms with Crippen LogP contribution in [0, 0.1) is 0 Å². The molecule has 0 bridgehead atoms. The topological polar surface area (TPSA) is 24.9 Å². The molecule has 0 saturated heterocycles. The average Bonchev–Trinajstić information content (AvgIpc) is 2.25. The molecule has 0 saturated carbocycles. The molecule has 0 aliphatic rings. The number of likely N-dealkylation sites (N-methyl/N-ethyl adjacent to an activating group) is 1. The fourth-order valence-electron chi connectivity index (χ4n) is 1.66. The van der Waals surface area contributed by atoms with Crippen LogP contribution in [-0.2, 0) is 6.42 Å². The normalized spacial score (nSPS) is 10.8. The summed E-state index contributed by atoms with van der Waals surface area (Å²) in [6, 6.07) is 8.33. The number of fused-ring (bicyclic) bond motifs is 1. The van der Waals surface area contributed by atoms with Gasteiger partial charge in [0.2, 0.25) is 0 Å². The van der Waals surface area contributed by atoms with E-state index in [1.807, 2.05) is 13.2 Å². The van der Waals surface area contributed by atoms with Gasteiger partial charge in [0.05, 0.1) is 5.52 Å². The molecule has 0 unspecified atom stereocenters. The van der Waals surface area contributed by atoms with Crippen LogP contribution in [0.25, 0.3) is 10.9 Å². The molecule has 2 rings (SSSR count). The van der Waals surface area contributed by atoms with E-state index in [1.165, 1.54) is 10.9 Å². The number of nitrogens with one attached hydrogen (secondary N) is 1. The SMILES string of the molecule is CNCCc1ccnc2cc(Br)ccc12. The Labute approximate surface area is 97.8 Å². The predicted octanol–water partition coefficient (Wildman–Crippen LogP) is 2.76. The summed E-state index contributed by atoms with van der Waals surface area (Å²) in [5.74, 6) is 0. The minimum atomic E-state index is 0.995. The molecule has 1 N–H and O–H groups in total. The summed E-state index contributed by atoms with van der Waals surface area (Å²) in [7, 11) is 1.97. The summed E-state index contributed by atoms with van der Waals surface area (Å²) >= 11 is 3.46. The van der Waals surface area contributed by atoms with Gasteiger partial charge in [-0.25, -0.2) is 0 Å². The molecule has 1 heterocycles. The fraction of sp³-hybridized carbons (Fsp3) is 0.250. The van der Waals surface area contributed by atoms with Crippen LogP contribution in [0.5, 0.6) is 0 Å². The summed E-state index contributed by atoms with van der Waals surface area (Å²) in [6.45, 7) is 0.995. The largest absolute Gasteiger partial charge is 0.319 e. The van der Waals surface area contributed by atoms with E-state index >= 15 is 0 Å². The van der Waals surface area contributed by atoms with Crippen molar-refractivity contribution in [3.8, 4) is 0 Å². The van der Waals surface area contributed by atoms with Gasteiger partial charge in [0.1, 0.15) is 0 Å². The number of benzene rings is 1. The molecule has 2 nitrogen and oxygen atoms in total. The second-order valence-electron chi connectivity index (χ2n) is 3.49. The van der Waals surface area contributed by atoms with Crippen molar-refractivity contribution in [2.75, 3.05) is 13.6 Å². The van der Waals surface area contributed by atoms with Crippen molar-refractivity contribution in [2.45, 2.75) is 6.42 Å². The third-order valence-electron chi connectivity index (χ3n) is 2.44. The summed E-state index contributed by atoms with van der Waals surface area (Å²) in [5, 5.41) is 4.41. The molecular weight excluding hydrogens is 252 g/mol. The maximum Gasteiger partial charge on any atom is 0.0715 e. The van der Waals surface area contributed by atoms with Crippen LogP contribution in [0.2, 0.25) is 0 Å². The van der Waals surface area contributed by atoms with Crippen LogP contribution in [0.15, 0.2) is 34.9 Å². The van der Waals surface area contributed by atoms with Crippen LogP contribution < -0.4 is 5.32 Å². The minimum Gasteiger partial charge on any atom is -0.319 e. The smallest absolute Gasteiger partial charge is 0.0715 e. The Bertz CT molecular complexity index is 468. The first-order valence-electron chi connectivity index (χ1n) is 4.99. The Morgan fingerprint density at radius 1 is 1.33 bits per heavy atom. The van der Waals surface area contributed by atoms with Gasteiger partial charge in [-0.1, -0.05) is 22.0 Å². The van der Waals surface area contributed by atoms with Crippen molar-refractivity contribution >= 4 is 26.8 Å². The maximum absolute atomic E-state index is 4.36. The second-order valence-corrected chi connectivity index (χ2v) is 4.40. The second kappa shape index (κ2) is 4.73. The van der Waals surface area contributed by atoms with Crippen molar-refractivity contribution in [1.29, 1.82) is 0 Å². The summed E-state index contributed by atoms with van der Waals surface area (Å²) in [5.41, 5.74) is 2.40. The van der Waals surface area contributed by atoms with E-state index in [2.05, 4.69) is 50.5 Å². The van der Waals surface area contributed by atoms with E-state index in [4.69, 9.17) is 0 Å². The maximum atomic E-state index is 4.36. The molecule has 2 aromatic rings. The predicted molar refractivity (Wildman–Crippen MR) is 67.1 cm³/mol. The van der Waals surface area contributed by atoms with Gasteiger partial charge < -0.3 is 5.32 Å². The standard InChI is InChI=1S/C12H13BrN2/c1-14-6-4-9-5-7-15-12-8-10(13)2-3-11(9)12/h2-3,5,7-8,14H,4,6H2,1H3. The molecule has 78 valence electrons. The quantitative estimate of drug-likeness (QED) is 0.923. The van der Waals surface area contributed by atoms with Gasteiger partial charge in [0, 0.05) is 16.1 Å². The van der Waals surface area contributed by atoms with Gasteiger partial charge in [-0.05, 0) is 43.8 Å². The third kappa shape index (κ3) is 2.36. The van der Waals surface area contributed by atoms with E-state index in [1.54, 1.807) is 0 Å². The van der Waals surface area contributed by atoms with Crippen LogP contribution in [0.3, 0.4) is 0 Å². The number of nitrogens with zero attached hydrogens (tertiary/aromatic N) is 1. The van der Waals surface area contributed by atoms with Gasteiger partial charge in [-0.2, -0.15) is 0 Å². The Morgan fingerprint density at radius 3 is 3.00 bits per heavy atom. The van der Waals surface area contributed by atoms with Crippen LogP contribution >= 0.6 is 15.9 Å². The number of hydrogen-bond donors (Lipinski definition) is 1. The van der Waals surface area contributed by atoms with Crippen LogP contribution in [0.4, 0.5) is 0 Å². The molecule has 0 aliphatic carbocycles. The first-order valence-corrected chi connectivity index (χ1v) is 5.78. The fourth-order valence-corrected chi connectivity index (χ4v) is 2.01.